The number of carbonyl (C=O) groups is 1. The molecule has 0 unspecified atom stereocenters. The van der Waals surface area contributed by atoms with Gasteiger partial charge in [-0.1, -0.05) is 11.8 Å². The van der Waals surface area contributed by atoms with Crippen molar-refractivity contribution in [3.63, 3.8) is 0 Å². The predicted octanol–water partition coefficient (Wildman–Crippen LogP) is 1.35. The fourth-order valence-corrected chi connectivity index (χ4v) is 2.54. The Labute approximate surface area is 130 Å². The molecule has 0 aliphatic heterocycles. The van der Waals surface area contributed by atoms with Gasteiger partial charge in [-0.3, -0.25) is 4.79 Å². The smallest absolute Gasteiger partial charge is 0.312 e. The lowest BCUT2D eigenvalue weighted by molar-refractivity contribution is -0.149. The van der Waals surface area contributed by atoms with Gasteiger partial charge in [-0.05, 0) is 45.0 Å². The largest absolute Gasteiger partial charge is 0.469 e. The lowest BCUT2D eigenvalue weighted by Gasteiger charge is -2.21. The highest BCUT2D eigenvalue weighted by molar-refractivity contribution is 7.99. The number of hydrogen-bond donors (Lipinski definition) is 1. The summed E-state index contributed by atoms with van der Waals surface area (Å²) in [6, 6.07) is 0. The van der Waals surface area contributed by atoms with Gasteiger partial charge in [0.05, 0.1) is 19.1 Å². The van der Waals surface area contributed by atoms with Crippen LogP contribution in [0.5, 0.6) is 0 Å². The van der Waals surface area contributed by atoms with E-state index in [-0.39, 0.29) is 11.5 Å². The quantitative estimate of drug-likeness (QED) is 0.601. The third kappa shape index (κ3) is 6.01. The van der Waals surface area contributed by atoms with E-state index in [4.69, 9.17) is 4.74 Å². The van der Waals surface area contributed by atoms with Gasteiger partial charge < -0.3 is 10.1 Å². The number of thioether (sulfide) groups is 1. The zero-order chi connectivity index (χ0) is 16.1. The van der Waals surface area contributed by atoms with Crippen LogP contribution in [0, 0.1) is 5.41 Å². The van der Waals surface area contributed by atoms with Crippen molar-refractivity contribution in [3.05, 3.63) is 0 Å². The first kappa shape index (κ1) is 17.9. The summed E-state index contributed by atoms with van der Waals surface area (Å²) in [6.45, 7) is 11.5. The third-order valence-corrected chi connectivity index (χ3v) is 4.19. The molecule has 1 rings (SSSR count). The molecule has 1 aromatic heterocycles. The molecular weight excluding hydrogens is 290 g/mol. The van der Waals surface area contributed by atoms with Crippen molar-refractivity contribution in [2.45, 2.75) is 51.9 Å². The van der Waals surface area contributed by atoms with Crippen molar-refractivity contribution in [2.24, 2.45) is 5.41 Å². The van der Waals surface area contributed by atoms with Crippen molar-refractivity contribution in [2.75, 3.05) is 19.4 Å². The molecule has 1 heterocycles. The number of nitrogens with one attached hydrogen (secondary N) is 1. The molecule has 120 valence electrons. The van der Waals surface area contributed by atoms with Crippen LogP contribution in [0.4, 0.5) is 0 Å². The number of aromatic nitrogens is 4. The van der Waals surface area contributed by atoms with E-state index in [1.165, 1.54) is 18.9 Å². The number of tetrazole rings is 1. The zero-order valence-corrected chi connectivity index (χ0v) is 14.5. The second-order valence-electron chi connectivity index (χ2n) is 6.53. The van der Waals surface area contributed by atoms with E-state index in [9.17, 15) is 4.79 Å². The molecule has 1 N–H and O–H groups in total. The summed E-state index contributed by atoms with van der Waals surface area (Å²) in [7, 11) is 1.40. The Morgan fingerprint density at radius 2 is 2.00 bits per heavy atom. The second kappa shape index (κ2) is 7.22. The zero-order valence-electron chi connectivity index (χ0n) is 13.6. The van der Waals surface area contributed by atoms with Crippen molar-refractivity contribution < 1.29 is 9.53 Å². The Kier molecular flexibility index (Phi) is 6.15. The predicted molar refractivity (Wildman–Crippen MR) is 82.1 cm³/mol. The minimum Gasteiger partial charge on any atom is -0.469 e. The number of rotatable bonds is 7. The molecule has 7 nitrogen and oxygen atoms in total. The number of esters is 1. The maximum absolute atomic E-state index is 11.7. The summed E-state index contributed by atoms with van der Waals surface area (Å²) in [5.74, 6) is 0.329. The van der Waals surface area contributed by atoms with Crippen LogP contribution >= 0.6 is 11.8 Å². The lowest BCUT2D eigenvalue weighted by atomic mass is 9.97. The average Bonchev–Trinajstić information content (AvgIpc) is 2.81. The molecular formula is C13H25N5O2S. The van der Waals surface area contributed by atoms with Gasteiger partial charge in [-0.25, -0.2) is 4.68 Å². The highest BCUT2D eigenvalue weighted by Crippen LogP contribution is 2.27. The van der Waals surface area contributed by atoms with Crippen LogP contribution in [0.3, 0.4) is 0 Å². The van der Waals surface area contributed by atoms with Gasteiger partial charge in [0.2, 0.25) is 5.16 Å². The summed E-state index contributed by atoms with van der Waals surface area (Å²) in [4.78, 5) is 11.7. The van der Waals surface area contributed by atoms with Crippen molar-refractivity contribution in [3.8, 4) is 0 Å². The Morgan fingerprint density at radius 1 is 1.33 bits per heavy atom. The van der Waals surface area contributed by atoms with Crippen LogP contribution in [0.1, 0.15) is 34.6 Å². The maximum atomic E-state index is 11.7. The van der Waals surface area contributed by atoms with Crippen LogP contribution in [0.25, 0.3) is 0 Å². The first-order chi connectivity index (χ1) is 9.65. The fourth-order valence-electron chi connectivity index (χ4n) is 1.56. The van der Waals surface area contributed by atoms with Gasteiger partial charge in [0.15, 0.2) is 0 Å². The first-order valence-electron chi connectivity index (χ1n) is 6.88. The molecule has 0 saturated heterocycles. The molecule has 0 spiro atoms. The minimum atomic E-state index is -0.570. The number of ether oxygens (including phenoxy) is 1. The first-order valence-corrected chi connectivity index (χ1v) is 7.87. The van der Waals surface area contributed by atoms with Gasteiger partial charge in [0.25, 0.3) is 0 Å². The van der Waals surface area contributed by atoms with E-state index in [0.717, 1.165) is 6.54 Å². The standard InChI is InChI=1S/C13H25N5O2S/c1-12(2,3)14-7-8-18-11(15-16-17-18)21-9-13(4,5)10(19)20-6/h14H,7-9H2,1-6H3. The van der Waals surface area contributed by atoms with E-state index >= 15 is 0 Å². The topological polar surface area (TPSA) is 81.9 Å². The van der Waals surface area contributed by atoms with Crippen molar-refractivity contribution in [1.82, 2.24) is 25.5 Å². The highest BCUT2D eigenvalue weighted by atomic mass is 32.2. The summed E-state index contributed by atoms with van der Waals surface area (Å²) in [5.41, 5.74) is -0.506. The average molecular weight is 315 g/mol. The molecule has 1 aromatic rings. The summed E-state index contributed by atoms with van der Waals surface area (Å²) >= 11 is 1.46. The number of methoxy groups -OCH3 is 1. The second-order valence-corrected chi connectivity index (χ2v) is 7.47. The molecule has 21 heavy (non-hydrogen) atoms. The Hall–Kier alpha value is -1.15. The molecule has 0 radical (unpaired) electrons. The van der Waals surface area contributed by atoms with Crippen LogP contribution in [0.15, 0.2) is 5.16 Å². The molecule has 0 aromatic carbocycles. The Bertz CT molecular complexity index is 467. The molecule has 0 fully saturated rings. The molecule has 0 aliphatic carbocycles. The molecule has 0 aliphatic rings. The Balaban J connectivity index is 2.54. The van der Waals surface area contributed by atoms with Crippen LogP contribution in [-0.4, -0.2) is 51.1 Å². The highest BCUT2D eigenvalue weighted by Gasteiger charge is 2.29. The van der Waals surface area contributed by atoms with Gasteiger partial charge in [-0.15, -0.1) is 5.10 Å². The van der Waals surface area contributed by atoms with Gasteiger partial charge in [0.1, 0.15) is 0 Å². The molecule has 0 bridgehead atoms. The summed E-state index contributed by atoms with van der Waals surface area (Å²) < 4.78 is 6.54. The maximum Gasteiger partial charge on any atom is 0.312 e. The van der Waals surface area contributed by atoms with Crippen molar-refractivity contribution in [1.29, 1.82) is 0 Å². The number of hydrogen-bond acceptors (Lipinski definition) is 7. The summed E-state index contributed by atoms with van der Waals surface area (Å²) in [5, 5.41) is 15.8. The molecule has 0 atom stereocenters. The molecule has 0 amide bonds. The normalized spacial score (nSPS) is 12.5. The van der Waals surface area contributed by atoms with E-state index in [0.29, 0.717) is 17.5 Å². The minimum absolute atomic E-state index is 0.0637. The molecule has 0 saturated carbocycles. The molecule has 8 heteroatoms. The van der Waals surface area contributed by atoms with E-state index in [1.807, 2.05) is 13.8 Å². The fraction of sp³-hybridized carbons (Fsp3) is 0.846. The van der Waals surface area contributed by atoms with E-state index < -0.39 is 5.41 Å². The number of nitrogens with zero attached hydrogens (tertiary/aromatic N) is 4. The van der Waals surface area contributed by atoms with E-state index in [2.05, 4.69) is 41.6 Å². The van der Waals surface area contributed by atoms with Crippen LogP contribution in [-0.2, 0) is 16.1 Å². The number of carbonyl (C=O) groups excluding carboxylic acids is 1. The lowest BCUT2D eigenvalue weighted by Crippen LogP contribution is -2.38. The Morgan fingerprint density at radius 3 is 2.57 bits per heavy atom. The van der Waals surface area contributed by atoms with Gasteiger partial charge in [-0.2, -0.15) is 0 Å². The van der Waals surface area contributed by atoms with E-state index in [1.54, 1.807) is 4.68 Å². The summed E-state index contributed by atoms with van der Waals surface area (Å²) in [6.07, 6.45) is 0. The van der Waals surface area contributed by atoms with Crippen LogP contribution in [0.2, 0.25) is 0 Å². The van der Waals surface area contributed by atoms with Gasteiger partial charge in [0, 0.05) is 17.8 Å². The van der Waals surface area contributed by atoms with Crippen molar-refractivity contribution >= 4 is 17.7 Å². The van der Waals surface area contributed by atoms with Crippen LogP contribution < -0.4 is 5.32 Å². The van der Waals surface area contributed by atoms with Gasteiger partial charge >= 0.3 is 5.97 Å². The third-order valence-electron chi connectivity index (χ3n) is 2.78. The monoisotopic (exact) mass is 315 g/mol. The SMILES string of the molecule is COC(=O)C(C)(C)CSc1nnnn1CCNC(C)(C)C.